The molecule has 4 aliphatic heterocycles. The second kappa shape index (κ2) is 21.6. The summed E-state index contributed by atoms with van der Waals surface area (Å²) in [4.78, 5) is 5.16. The summed E-state index contributed by atoms with van der Waals surface area (Å²) in [7, 11) is 4.61. The standard InChI is InChI=1S/C82H80N4/c1-9-85-69-51-47-61-35-19-23-39-65(61)77(69)81(5,55-57-29-13-11-14-30-57)73(85)43-27-41-71-79(3,75-63-37-21-17-33-59(63)45-49-67(75)83(71)7)53-25-26-54-80(4)72(84(8)68-50-46-60-34-18-22-38-64(60)76(68)80)42-28-44-74-82(6,56-58-31-15-12-16-32-58)78-66-40-24-20-36-62(66)48-52-70(78)86(74)10-2/h11-24,27-52H,9-10,25-26,53-56H2,1-8H3/q+2. The monoisotopic (exact) mass is 1120 g/mol. The first kappa shape index (κ1) is 55.0. The summed E-state index contributed by atoms with van der Waals surface area (Å²) in [6.45, 7) is 16.5. The molecule has 0 aromatic heterocycles. The van der Waals surface area contributed by atoms with Crippen molar-refractivity contribution in [2.24, 2.45) is 0 Å². The topological polar surface area (TPSA) is 12.5 Å². The number of benzene rings is 10. The predicted octanol–water partition coefficient (Wildman–Crippen LogP) is 19.5. The van der Waals surface area contributed by atoms with Crippen LogP contribution in [0.3, 0.4) is 0 Å². The largest absolute Gasteiger partial charge is 0.344 e. The molecule has 4 heteroatoms. The van der Waals surface area contributed by atoms with E-state index in [1.807, 2.05) is 0 Å². The molecule has 4 aliphatic rings. The number of anilines is 2. The Morgan fingerprint density at radius 1 is 0.360 bits per heavy atom. The van der Waals surface area contributed by atoms with Crippen LogP contribution in [0.25, 0.3) is 43.1 Å². The lowest BCUT2D eigenvalue weighted by atomic mass is 9.71. The molecule has 4 heterocycles. The third kappa shape index (κ3) is 8.68. The van der Waals surface area contributed by atoms with Crippen molar-refractivity contribution in [1.82, 2.24) is 0 Å². The molecule has 426 valence electrons. The van der Waals surface area contributed by atoms with E-state index < -0.39 is 0 Å². The molecular weight excluding hydrogens is 1040 g/mol. The van der Waals surface area contributed by atoms with E-state index in [1.165, 1.54) is 122 Å². The molecule has 4 nitrogen and oxygen atoms in total. The van der Waals surface area contributed by atoms with Gasteiger partial charge in [-0.2, -0.15) is 9.15 Å². The van der Waals surface area contributed by atoms with Crippen LogP contribution in [0, 0.1) is 0 Å². The number of rotatable bonds is 15. The minimum atomic E-state index is -0.251. The Bertz CT molecular complexity index is 4250. The fourth-order valence-corrected chi connectivity index (χ4v) is 16.8. The molecule has 4 atom stereocenters. The first-order valence-electron chi connectivity index (χ1n) is 31.6. The Morgan fingerprint density at radius 2 is 0.686 bits per heavy atom. The van der Waals surface area contributed by atoms with Gasteiger partial charge >= 0.3 is 0 Å². The fourth-order valence-electron chi connectivity index (χ4n) is 16.8. The maximum atomic E-state index is 2.58. The van der Waals surface area contributed by atoms with Crippen LogP contribution in [-0.4, -0.2) is 47.8 Å². The number of unbranched alkanes of at least 4 members (excludes halogenated alkanes) is 1. The van der Waals surface area contributed by atoms with Crippen molar-refractivity contribution < 1.29 is 9.15 Å². The summed E-state index contributed by atoms with van der Waals surface area (Å²) < 4.78 is 5.01. The van der Waals surface area contributed by atoms with E-state index in [9.17, 15) is 0 Å². The fraction of sp³-hybridized carbons (Fsp3) is 0.244. The number of likely N-dealkylation sites (N-methyl/N-ethyl adjacent to an activating group) is 2. The van der Waals surface area contributed by atoms with E-state index in [2.05, 4.69) is 317 Å². The van der Waals surface area contributed by atoms with Gasteiger partial charge in [0.1, 0.15) is 14.1 Å². The van der Waals surface area contributed by atoms with Gasteiger partial charge < -0.3 is 9.80 Å². The van der Waals surface area contributed by atoms with E-state index in [-0.39, 0.29) is 21.7 Å². The zero-order valence-electron chi connectivity index (χ0n) is 51.5. The summed E-state index contributed by atoms with van der Waals surface area (Å²) in [5.74, 6) is 0. The molecule has 10 aromatic rings. The first-order valence-corrected chi connectivity index (χ1v) is 31.6. The Balaban J connectivity index is 0.816. The number of nitrogens with zero attached hydrogens (tertiary/aromatic N) is 4. The number of hydrogen-bond acceptors (Lipinski definition) is 2. The van der Waals surface area contributed by atoms with Crippen molar-refractivity contribution in [2.75, 3.05) is 37.0 Å². The molecule has 0 amide bonds. The molecule has 0 spiro atoms. The van der Waals surface area contributed by atoms with Crippen LogP contribution in [0.4, 0.5) is 22.7 Å². The average Bonchev–Trinajstić information content (AvgIpc) is 4.27. The lowest BCUT2D eigenvalue weighted by molar-refractivity contribution is -0.401. The number of allylic oxidation sites excluding steroid dienone is 8. The zero-order valence-corrected chi connectivity index (χ0v) is 51.5. The molecule has 0 radical (unpaired) electrons. The van der Waals surface area contributed by atoms with Gasteiger partial charge in [0.15, 0.2) is 11.4 Å². The highest BCUT2D eigenvalue weighted by molar-refractivity contribution is 6.09. The molecule has 0 saturated carbocycles. The third-order valence-corrected chi connectivity index (χ3v) is 20.8. The van der Waals surface area contributed by atoms with Crippen molar-refractivity contribution in [3.8, 4) is 0 Å². The van der Waals surface area contributed by atoms with Gasteiger partial charge in [0.05, 0.1) is 10.8 Å². The Kier molecular flexibility index (Phi) is 13.8. The minimum Gasteiger partial charge on any atom is -0.344 e. The molecule has 0 saturated heterocycles. The highest BCUT2D eigenvalue weighted by Crippen LogP contribution is 2.55. The van der Waals surface area contributed by atoms with Crippen molar-refractivity contribution in [2.45, 2.75) is 102 Å². The van der Waals surface area contributed by atoms with Gasteiger partial charge in [-0.3, -0.25) is 0 Å². The van der Waals surface area contributed by atoms with Crippen molar-refractivity contribution >= 4 is 77.3 Å². The Hall–Kier alpha value is -8.86. The molecule has 4 unspecified atom stereocenters. The van der Waals surface area contributed by atoms with E-state index in [0.717, 1.165) is 51.6 Å². The van der Waals surface area contributed by atoms with E-state index in [4.69, 9.17) is 0 Å². The third-order valence-electron chi connectivity index (χ3n) is 20.8. The lowest BCUT2D eigenvalue weighted by Gasteiger charge is -2.30. The van der Waals surface area contributed by atoms with Crippen LogP contribution >= 0.6 is 0 Å². The van der Waals surface area contributed by atoms with Gasteiger partial charge in [-0.15, -0.1) is 0 Å². The highest BCUT2D eigenvalue weighted by atomic mass is 15.2. The van der Waals surface area contributed by atoms with Gasteiger partial charge in [-0.1, -0.05) is 195 Å². The molecule has 0 N–H and O–H groups in total. The van der Waals surface area contributed by atoms with Crippen LogP contribution in [0.2, 0.25) is 0 Å². The van der Waals surface area contributed by atoms with E-state index >= 15 is 0 Å². The molecule has 0 aliphatic carbocycles. The molecule has 10 aromatic carbocycles. The first-order chi connectivity index (χ1) is 41.9. The summed E-state index contributed by atoms with van der Waals surface area (Å²) in [5.41, 5.74) is 18.1. The Morgan fingerprint density at radius 3 is 1.05 bits per heavy atom. The SMILES string of the molecule is CCN1C(=CC=CC2=[N+](C)c3ccc4ccccc4c3C2(C)CCCCC2(C)C(C=CC=C3N(CC)c4ccc5ccccc5c4C3(C)Cc3ccccc3)=[N+](C)c3ccc4ccccc4c32)C(C)(Cc2ccccc2)c2c1ccc1ccccc21. The molecule has 14 rings (SSSR count). The van der Waals surface area contributed by atoms with Crippen LogP contribution in [-0.2, 0) is 34.5 Å². The maximum absolute atomic E-state index is 2.58. The van der Waals surface area contributed by atoms with Crippen LogP contribution in [0.15, 0.2) is 254 Å². The molecular formula is C82H80N4+2. The number of hydrogen-bond donors (Lipinski definition) is 0. The van der Waals surface area contributed by atoms with Gasteiger partial charge in [0.2, 0.25) is 11.4 Å². The van der Waals surface area contributed by atoms with Gasteiger partial charge in [0, 0.05) is 82.1 Å². The lowest BCUT2D eigenvalue weighted by Crippen LogP contribution is -2.33. The normalized spacial score (nSPS) is 22.6. The molecule has 86 heavy (non-hydrogen) atoms. The van der Waals surface area contributed by atoms with Crippen LogP contribution in [0.1, 0.15) is 101 Å². The second-order valence-electron chi connectivity index (χ2n) is 25.8. The van der Waals surface area contributed by atoms with Gasteiger partial charge in [-0.25, -0.2) is 0 Å². The van der Waals surface area contributed by atoms with Gasteiger partial charge in [0.25, 0.3) is 0 Å². The average molecular weight is 1120 g/mol. The number of fused-ring (bicyclic) bond motifs is 12. The van der Waals surface area contributed by atoms with E-state index in [0.29, 0.717) is 0 Å². The Labute approximate surface area is 509 Å². The van der Waals surface area contributed by atoms with Gasteiger partial charge in [-0.05, 0) is 169 Å². The van der Waals surface area contributed by atoms with E-state index in [1.54, 1.807) is 0 Å². The zero-order chi connectivity index (χ0) is 59.0. The summed E-state index contributed by atoms with van der Waals surface area (Å²) in [6, 6.07) is 77.1. The smallest absolute Gasteiger partial charge is 0.210 e. The maximum Gasteiger partial charge on any atom is 0.210 e. The molecule has 0 fully saturated rings. The summed E-state index contributed by atoms with van der Waals surface area (Å²) in [6.07, 6.45) is 20.7. The molecule has 0 bridgehead atoms. The predicted molar refractivity (Wildman–Crippen MR) is 366 cm³/mol. The van der Waals surface area contributed by atoms with Crippen molar-refractivity contribution in [1.29, 1.82) is 0 Å². The highest BCUT2D eigenvalue weighted by Gasteiger charge is 2.51. The van der Waals surface area contributed by atoms with Crippen molar-refractivity contribution in [3.05, 3.63) is 287 Å². The van der Waals surface area contributed by atoms with Crippen LogP contribution < -0.4 is 9.80 Å². The minimum absolute atomic E-state index is 0.245. The summed E-state index contributed by atoms with van der Waals surface area (Å²) in [5, 5.41) is 10.6. The van der Waals surface area contributed by atoms with Crippen molar-refractivity contribution in [3.63, 3.8) is 0 Å². The van der Waals surface area contributed by atoms with Crippen LogP contribution in [0.5, 0.6) is 0 Å². The quantitative estimate of drug-likeness (QED) is 0.0749. The summed E-state index contributed by atoms with van der Waals surface area (Å²) >= 11 is 0. The second-order valence-corrected chi connectivity index (χ2v) is 25.8.